The zero-order valence-corrected chi connectivity index (χ0v) is 5.32. The Morgan fingerprint density at radius 2 is 2.20 bits per heavy atom. The van der Waals surface area contributed by atoms with Crippen LogP contribution in [0.3, 0.4) is 0 Å². The van der Waals surface area contributed by atoms with Gasteiger partial charge in [0.1, 0.15) is 6.29 Å². The molecule has 10 heavy (non-hydrogen) atoms. The summed E-state index contributed by atoms with van der Waals surface area (Å²) in [5, 5.41) is 2.70. The summed E-state index contributed by atoms with van der Waals surface area (Å²) in [6.07, 6.45) is 3.98. The van der Waals surface area contributed by atoms with Gasteiger partial charge in [-0.1, -0.05) is 0 Å². The standard InChI is InChI=1S/C6H7N3O/c10-5-4-9-6-7-2-1-3-8-6/h1-3,5H,4H2,(H,7,8,9). The number of hydrogen-bond donors (Lipinski definition) is 1. The van der Waals surface area contributed by atoms with Gasteiger partial charge in [-0.3, -0.25) is 0 Å². The summed E-state index contributed by atoms with van der Waals surface area (Å²) in [5.74, 6) is 0.481. The zero-order chi connectivity index (χ0) is 7.23. The maximum absolute atomic E-state index is 9.86. The van der Waals surface area contributed by atoms with Crippen LogP contribution in [0.2, 0.25) is 0 Å². The molecule has 52 valence electrons. The lowest BCUT2D eigenvalue weighted by atomic mass is 10.6. The highest BCUT2D eigenvalue weighted by atomic mass is 16.1. The van der Waals surface area contributed by atoms with Gasteiger partial charge in [0.2, 0.25) is 5.95 Å². The van der Waals surface area contributed by atoms with Crippen LogP contribution < -0.4 is 5.32 Å². The smallest absolute Gasteiger partial charge is 0.222 e. The average Bonchev–Trinajstić information content (AvgIpc) is 2.03. The van der Waals surface area contributed by atoms with E-state index in [9.17, 15) is 4.79 Å². The Balaban J connectivity index is 2.50. The van der Waals surface area contributed by atoms with Gasteiger partial charge in [-0.15, -0.1) is 0 Å². The molecule has 4 nitrogen and oxygen atoms in total. The van der Waals surface area contributed by atoms with Crippen molar-refractivity contribution >= 4 is 12.2 Å². The Morgan fingerprint density at radius 3 is 2.80 bits per heavy atom. The number of rotatable bonds is 3. The molecule has 4 heteroatoms. The van der Waals surface area contributed by atoms with Gasteiger partial charge in [0.25, 0.3) is 0 Å². The maximum Gasteiger partial charge on any atom is 0.222 e. The molecule has 0 aromatic carbocycles. The molecular weight excluding hydrogens is 130 g/mol. The van der Waals surface area contributed by atoms with E-state index in [1.165, 1.54) is 0 Å². The molecule has 0 saturated carbocycles. The molecule has 0 spiro atoms. The third-order valence-electron chi connectivity index (χ3n) is 0.909. The van der Waals surface area contributed by atoms with E-state index in [2.05, 4.69) is 15.3 Å². The summed E-state index contributed by atoms with van der Waals surface area (Å²) >= 11 is 0. The zero-order valence-electron chi connectivity index (χ0n) is 5.32. The third-order valence-corrected chi connectivity index (χ3v) is 0.909. The summed E-state index contributed by atoms with van der Waals surface area (Å²) in [6, 6.07) is 1.71. The Bertz CT molecular complexity index is 199. The normalized spacial score (nSPS) is 8.80. The number of hydrogen-bond acceptors (Lipinski definition) is 4. The van der Waals surface area contributed by atoms with Gasteiger partial charge in [-0.25, -0.2) is 9.97 Å². The highest BCUT2D eigenvalue weighted by Crippen LogP contribution is 1.90. The second-order valence-corrected chi connectivity index (χ2v) is 1.62. The molecular formula is C6H7N3O. The van der Waals surface area contributed by atoms with Gasteiger partial charge >= 0.3 is 0 Å². The Kier molecular flexibility index (Phi) is 2.37. The fraction of sp³-hybridized carbons (Fsp3) is 0.167. The first kappa shape index (κ1) is 6.67. The minimum absolute atomic E-state index is 0.254. The molecule has 0 saturated heterocycles. The minimum Gasteiger partial charge on any atom is -0.347 e. The Hall–Kier alpha value is -1.45. The van der Waals surface area contributed by atoms with E-state index in [1.54, 1.807) is 18.5 Å². The predicted molar refractivity (Wildman–Crippen MR) is 36.6 cm³/mol. The second-order valence-electron chi connectivity index (χ2n) is 1.62. The highest BCUT2D eigenvalue weighted by molar-refractivity contribution is 5.56. The lowest BCUT2D eigenvalue weighted by molar-refractivity contribution is -0.106. The van der Waals surface area contributed by atoms with E-state index in [0.717, 1.165) is 6.29 Å². The topological polar surface area (TPSA) is 54.9 Å². The van der Waals surface area contributed by atoms with Crippen LogP contribution in [0.5, 0.6) is 0 Å². The predicted octanol–water partition coefficient (Wildman–Crippen LogP) is 0.0874. The number of nitrogens with zero attached hydrogens (tertiary/aromatic N) is 2. The first-order chi connectivity index (χ1) is 4.93. The van der Waals surface area contributed by atoms with E-state index < -0.39 is 0 Å². The monoisotopic (exact) mass is 137 g/mol. The van der Waals surface area contributed by atoms with Crippen LogP contribution >= 0.6 is 0 Å². The van der Waals surface area contributed by atoms with Crippen LogP contribution in [0.1, 0.15) is 0 Å². The Labute approximate surface area is 58.3 Å². The van der Waals surface area contributed by atoms with Crippen molar-refractivity contribution in [2.45, 2.75) is 0 Å². The summed E-state index contributed by atoms with van der Waals surface area (Å²) < 4.78 is 0. The lowest BCUT2D eigenvalue weighted by Gasteiger charge is -1.95. The highest BCUT2D eigenvalue weighted by Gasteiger charge is 1.87. The van der Waals surface area contributed by atoms with Crippen LogP contribution in [0, 0.1) is 0 Å². The largest absolute Gasteiger partial charge is 0.347 e. The summed E-state index contributed by atoms with van der Waals surface area (Å²) in [5.41, 5.74) is 0. The van der Waals surface area contributed by atoms with Gasteiger partial charge in [-0.2, -0.15) is 0 Å². The average molecular weight is 137 g/mol. The van der Waals surface area contributed by atoms with E-state index in [0.29, 0.717) is 5.95 Å². The van der Waals surface area contributed by atoms with Crippen molar-refractivity contribution in [3.63, 3.8) is 0 Å². The number of carbonyl (C=O) groups is 1. The fourth-order valence-electron chi connectivity index (χ4n) is 0.523. The van der Waals surface area contributed by atoms with Crippen molar-refractivity contribution in [1.29, 1.82) is 0 Å². The number of nitrogens with one attached hydrogen (secondary N) is 1. The second kappa shape index (κ2) is 3.55. The summed E-state index contributed by atoms with van der Waals surface area (Å²) in [4.78, 5) is 17.5. The molecule has 1 heterocycles. The fourth-order valence-corrected chi connectivity index (χ4v) is 0.523. The quantitative estimate of drug-likeness (QED) is 0.600. The van der Waals surface area contributed by atoms with Crippen molar-refractivity contribution in [3.8, 4) is 0 Å². The lowest BCUT2D eigenvalue weighted by Crippen LogP contribution is -2.04. The molecule has 0 radical (unpaired) electrons. The molecule has 1 aromatic rings. The molecule has 1 rings (SSSR count). The maximum atomic E-state index is 9.86. The number of aldehydes is 1. The number of anilines is 1. The van der Waals surface area contributed by atoms with Gasteiger partial charge in [0.05, 0.1) is 6.54 Å². The van der Waals surface area contributed by atoms with Crippen molar-refractivity contribution in [2.75, 3.05) is 11.9 Å². The van der Waals surface area contributed by atoms with Crippen molar-refractivity contribution in [3.05, 3.63) is 18.5 Å². The molecule has 0 fully saturated rings. The van der Waals surface area contributed by atoms with E-state index >= 15 is 0 Å². The van der Waals surface area contributed by atoms with Crippen LogP contribution in [-0.2, 0) is 4.79 Å². The van der Waals surface area contributed by atoms with E-state index in [-0.39, 0.29) is 6.54 Å². The molecule has 1 aromatic heterocycles. The van der Waals surface area contributed by atoms with Gasteiger partial charge in [0.15, 0.2) is 0 Å². The molecule has 0 aliphatic heterocycles. The number of aromatic nitrogens is 2. The molecule has 0 aliphatic rings. The molecule has 0 amide bonds. The van der Waals surface area contributed by atoms with Crippen molar-refractivity contribution in [2.24, 2.45) is 0 Å². The van der Waals surface area contributed by atoms with E-state index in [4.69, 9.17) is 0 Å². The van der Waals surface area contributed by atoms with Gasteiger partial charge in [0, 0.05) is 12.4 Å². The molecule has 0 atom stereocenters. The van der Waals surface area contributed by atoms with Crippen LogP contribution in [0.15, 0.2) is 18.5 Å². The van der Waals surface area contributed by atoms with Crippen LogP contribution in [0.4, 0.5) is 5.95 Å². The van der Waals surface area contributed by atoms with Crippen LogP contribution in [-0.4, -0.2) is 22.8 Å². The van der Waals surface area contributed by atoms with Crippen molar-refractivity contribution < 1.29 is 4.79 Å². The molecule has 0 bridgehead atoms. The first-order valence-electron chi connectivity index (χ1n) is 2.88. The summed E-state index contributed by atoms with van der Waals surface area (Å²) in [7, 11) is 0. The minimum atomic E-state index is 0.254. The van der Waals surface area contributed by atoms with E-state index in [1.807, 2.05) is 0 Å². The first-order valence-corrected chi connectivity index (χ1v) is 2.88. The number of carbonyl (C=O) groups excluding carboxylic acids is 1. The molecule has 1 N–H and O–H groups in total. The molecule has 0 unspecified atom stereocenters. The van der Waals surface area contributed by atoms with Crippen LogP contribution in [0.25, 0.3) is 0 Å². The SMILES string of the molecule is O=CCNc1ncccn1. The molecule has 0 aliphatic carbocycles. The third kappa shape index (κ3) is 1.81. The van der Waals surface area contributed by atoms with Gasteiger partial charge in [-0.05, 0) is 6.07 Å². The summed E-state index contributed by atoms with van der Waals surface area (Å²) in [6.45, 7) is 0.254. The van der Waals surface area contributed by atoms with Gasteiger partial charge < -0.3 is 10.1 Å². The van der Waals surface area contributed by atoms with Crippen molar-refractivity contribution in [1.82, 2.24) is 9.97 Å². The Morgan fingerprint density at radius 1 is 1.50 bits per heavy atom.